The number of fused-ring (bicyclic) bond motifs is 1. The van der Waals surface area contributed by atoms with E-state index in [1.165, 1.54) is 5.01 Å². The molecule has 4 rings (SSSR count). The van der Waals surface area contributed by atoms with Gasteiger partial charge in [0.25, 0.3) is 5.91 Å². The number of benzene rings is 2. The van der Waals surface area contributed by atoms with Crippen LogP contribution in [0.15, 0.2) is 65.8 Å². The van der Waals surface area contributed by atoms with E-state index in [4.69, 9.17) is 4.74 Å². The monoisotopic (exact) mass is 363 g/mol. The number of rotatable bonds is 4. The van der Waals surface area contributed by atoms with E-state index in [1.807, 2.05) is 6.07 Å². The summed E-state index contributed by atoms with van der Waals surface area (Å²) in [7, 11) is 0. The van der Waals surface area contributed by atoms with Crippen molar-refractivity contribution in [2.24, 2.45) is 11.0 Å². The number of carbonyl (C=O) groups excluding carboxylic acids is 3. The number of amides is 2. The van der Waals surface area contributed by atoms with Gasteiger partial charge in [0.1, 0.15) is 12.0 Å². The zero-order valence-electron chi connectivity index (χ0n) is 14.6. The van der Waals surface area contributed by atoms with Gasteiger partial charge in [-0.1, -0.05) is 36.4 Å². The fourth-order valence-corrected chi connectivity index (χ4v) is 3.41. The van der Waals surface area contributed by atoms with E-state index in [0.717, 1.165) is 4.90 Å². The molecule has 7 nitrogen and oxygen atoms in total. The van der Waals surface area contributed by atoms with Crippen LogP contribution < -0.4 is 9.91 Å². The van der Waals surface area contributed by atoms with Crippen molar-refractivity contribution in [2.45, 2.75) is 13.0 Å². The molecule has 2 aromatic carbocycles. The van der Waals surface area contributed by atoms with E-state index in [-0.39, 0.29) is 12.3 Å². The molecule has 2 aromatic rings. The SMILES string of the molecule is CCOC(=O)C1=NN(c2ccccc2)[C@@H]2C(=O)N(c3ccccc3)C(=O)[C@H]12. The van der Waals surface area contributed by atoms with Gasteiger partial charge < -0.3 is 4.74 Å². The van der Waals surface area contributed by atoms with Gasteiger partial charge in [0, 0.05) is 0 Å². The fourth-order valence-electron chi connectivity index (χ4n) is 3.41. The predicted octanol–water partition coefficient (Wildman–Crippen LogP) is 1.98. The summed E-state index contributed by atoms with van der Waals surface area (Å²) < 4.78 is 5.06. The molecule has 7 heteroatoms. The smallest absolute Gasteiger partial charge is 0.355 e. The first-order chi connectivity index (χ1) is 13.1. The molecular formula is C20H17N3O4. The van der Waals surface area contributed by atoms with Gasteiger partial charge in [0.05, 0.1) is 18.0 Å². The second-order valence-corrected chi connectivity index (χ2v) is 6.16. The van der Waals surface area contributed by atoms with Gasteiger partial charge in [-0.05, 0) is 31.2 Å². The van der Waals surface area contributed by atoms with E-state index in [9.17, 15) is 14.4 Å². The molecule has 27 heavy (non-hydrogen) atoms. The summed E-state index contributed by atoms with van der Waals surface area (Å²) in [4.78, 5) is 39.8. The minimum absolute atomic E-state index is 0.0394. The first kappa shape index (κ1) is 17.0. The van der Waals surface area contributed by atoms with Crippen LogP contribution in [0.2, 0.25) is 0 Å². The highest BCUT2D eigenvalue weighted by Gasteiger charge is 2.59. The second-order valence-electron chi connectivity index (χ2n) is 6.16. The van der Waals surface area contributed by atoms with E-state index in [0.29, 0.717) is 11.4 Å². The Morgan fingerprint density at radius 1 is 0.963 bits per heavy atom. The van der Waals surface area contributed by atoms with Gasteiger partial charge in [0.2, 0.25) is 5.91 Å². The highest BCUT2D eigenvalue weighted by molar-refractivity contribution is 6.47. The maximum absolute atomic E-state index is 13.1. The average Bonchev–Trinajstić information content (AvgIpc) is 3.21. The molecule has 0 aliphatic carbocycles. The number of hydrazone groups is 1. The number of hydrogen-bond acceptors (Lipinski definition) is 6. The van der Waals surface area contributed by atoms with Crippen LogP contribution in [0.5, 0.6) is 0 Å². The van der Waals surface area contributed by atoms with Crippen molar-refractivity contribution >= 4 is 34.9 Å². The Hall–Kier alpha value is -3.48. The maximum Gasteiger partial charge on any atom is 0.355 e. The van der Waals surface area contributed by atoms with Crippen LogP contribution in [0.3, 0.4) is 0 Å². The molecule has 0 bridgehead atoms. The molecule has 2 aliphatic heterocycles. The number of anilines is 2. The minimum atomic E-state index is -0.989. The Balaban J connectivity index is 1.79. The van der Waals surface area contributed by atoms with E-state index in [1.54, 1.807) is 61.5 Å². The third-order valence-corrected chi connectivity index (χ3v) is 4.57. The summed E-state index contributed by atoms with van der Waals surface area (Å²) >= 11 is 0. The number of para-hydroxylation sites is 2. The summed E-state index contributed by atoms with van der Waals surface area (Å²) in [5, 5.41) is 5.74. The molecule has 1 fully saturated rings. The molecule has 2 aliphatic rings. The maximum atomic E-state index is 13.1. The summed E-state index contributed by atoms with van der Waals surface area (Å²) in [6, 6.07) is 16.8. The van der Waals surface area contributed by atoms with Crippen molar-refractivity contribution in [1.82, 2.24) is 0 Å². The number of carbonyl (C=O) groups is 3. The van der Waals surface area contributed by atoms with Crippen molar-refractivity contribution in [3.63, 3.8) is 0 Å². The Morgan fingerprint density at radius 3 is 2.15 bits per heavy atom. The molecule has 2 amide bonds. The third kappa shape index (κ3) is 2.68. The quantitative estimate of drug-likeness (QED) is 0.613. The first-order valence-corrected chi connectivity index (χ1v) is 8.66. The van der Waals surface area contributed by atoms with Crippen molar-refractivity contribution in [1.29, 1.82) is 0 Å². The van der Waals surface area contributed by atoms with Crippen LogP contribution in [0.4, 0.5) is 11.4 Å². The number of esters is 1. The van der Waals surface area contributed by atoms with Gasteiger partial charge in [-0.25, -0.2) is 9.69 Å². The minimum Gasteiger partial charge on any atom is -0.461 e. The molecule has 2 atom stereocenters. The Labute approximate surface area is 155 Å². The summed E-state index contributed by atoms with van der Waals surface area (Å²) in [5.41, 5.74) is 1.06. The topological polar surface area (TPSA) is 79.3 Å². The van der Waals surface area contributed by atoms with E-state index in [2.05, 4.69) is 5.10 Å². The number of nitrogens with zero attached hydrogens (tertiary/aromatic N) is 3. The molecule has 0 saturated carbocycles. The first-order valence-electron chi connectivity index (χ1n) is 8.66. The highest BCUT2D eigenvalue weighted by atomic mass is 16.5. The van der Waals surface area contributed by atoms with Gasteiger partial charge >= 0.3 is 5.97 Å². The van der Waals surface area contributed by atoms with E-state index >= 15 is 0 Å². The number of hydrogen-bond donors (Lipinski definition) is 0. The van der Waals surface area contributed by atoms with Crippen molar-refractivity contribution in [3.05, 3.63) is 60.7 Å². The fraction of sp³-hybridized carbons (Fsp3) is 0.200. The van der Waals surface area contributed by atoms with Crippen molar-refractivity contribution < 1.29 is 19.1 Å². The van der Waals surface area contributed by atoms with Gasteiger partial charge in [0.15, 0.2) is 5.71 Å². The zero-order valence-corrected chi connectivity index (χ0v) is 14.6. The van der Waals surface area contributed by atoms with Crippen LogP contribution in [-0.2, 0) is 19.1 Å². The highest BCUT2D eigenvalue weighted by Crippen LogP contribution is 2.37. The lowest BCUT2D eigenvalue weighted by molar-refractivity contribution is -0.136. The van der Waals surface area contributed by atoms with Gasteiger partial charge in [-0.3, -0.25) is 14.6 Å². The lowest BCUT2D eigenvalue weighted by atomic mass is 9.98. The molecule has 0 aromatic heterocycles. The number of ether oxygens (including phenoxy) is 1. The molecular weight excluding hydrogens is 346 g/mol. The molecule has 0 unspecified atom stereocenters. The molecule has 2 heterocycles. The molecule has 0 N–H and O–H groups in total. The Morgan fingerprint density at radius 2 is 1.56 bits per heavy atom. The average molecular weight is 363 g/mol. The number of imide groups is 1. The van der Waals surface area contributed by atoms with Gasteiger partial charge in [-0.2, -0.15) is 5.10 Å². The summed E-state index contributed by atoms with van der Waals surface area (Å²) in [6.07, 6.45) is 0. The van der Waals surface area contributed by atoms with Crippen LogP contribution in [0.1, 0.15) is 6.92 Å². The van der Waals surface area contributed by atoms with Crippen LogP contribution in [0.25, 0.3) is 0 Å². The Kier molecular flexibility index (Phi) is 4.19. The Bertz CT molecular complexity index is 927. The van der Waals surface area contributed by atoms with Crippen molar-refractivity contribution in [2.75, 3.05) is 16.5 Å². The largest absolute Gasteiger partial charge is 0.461 e. The summed E-state index contributed by atoms with van der Waals surface area (Å²) in [5.74, 6) is -2.55. The molecule has 0 radical (unpaired) electrons. The van der Waals surface area contributed by atoms with Gasteiger partial charge in [-0.15, -0.1) is 0 Å². The predicted molar refractivity (Wildman–Crippen MR) is 99.2 cm³/mol. The van der Waals surface area contributed by atoms with Crippen LogP contribution >= 0.6 is 0 Å². The lowest BCUT2D eigenvalue weighted by Crippen LogP contribution is -2.39. The normalized spacial score (nSPS) is 21.3. The second kappa shape index (κ2) is 6.68. The van der Waals surface area contributed by atoms with Crippen molar-refractivity contribution in [3.8, 4) is 0 Å². The summed E-state index contributed by atoms with van der Waals surface area (Å²) in [6.45, 7) is 1.84. The van der Waals surface area contributed by atoms with Crippen LogP contribution in [-0.4, -0.2) is 36.1 Å². The lowest BCUT2D eigenvalue weighted by Gasteiger charge is -2.22. The standard InChI is InChI=1S/C20H17N3O4/c1-2-27-20(26)16-15-17(23(21-16)14-11-7-4-8-12-14)19(25)22(18(15)24)13-9-5-3-6-10-13/h3-12,15,17H,2H2,1H3/t15-,17+/m1/s1. The van der Waals surface area contributed by atoms with Crippen LogP contribution in [0, 0.1) is 5.92 Å². The molecule has 1 saturated heterocycles. The molecule has 0 spiro atoms. The van der Waals surface area contributed by atoms with E-state index < -0.39 is 29.7 Å². The molecule has 136 valence electrons. The zero-order chi connectivity index (χ0) is 19.0. The third-order valence-electron chi connectivity index (χ3n) is 4.57.